The molecule has 0 unspecified atom stereocenters. The molecular formula is C2H4N3O+. The lowest BCUT2D eigenvalue weighted by Crippen LogP contribution is -1.99. The average Bonchev–Trinajstić information content (AvgIpc) is 1.86. The Labute approximate surface area is 33.2 Å². The van der Waals surface area contributed by atoms with Crippen LogP contribution in [0.25, 0.3) is 0 Å². The summed E-state index contributed by atoms with van der Waals surface area (Å²) in [6.07, 6.45) is 1.29. The van der Waals surface area contributed by atoms with E-state index in [0.29, 0.717) is 0 Å². The maximum atomic E-state index is 9.95. The van der Waals surface area contributed by atoms with Crippen LogP contribution in [0.15, 0.2) is 11.0 Å². The lowest BCUT2D eigenvalue weighted by molar-refractivity contribution is -0.455. The van der Waals surface area contributed by atoms with E-state index in [1.807, 2.05) is 0 Å². The molecule has 4 heteroatoms. The normalized spacial score (nSPS) is 8.67. The molecule has 1 heterocycles. The van der Waals surface area contributed by atoms with Gasteiger partial charge in [0, 0.05) is 0 Å². The highest BCUT2D eigenvalue weighted by atomic mass is 16.1. The third kappa shape index (κ3) is 0.314. The number of aromatic amines is 3. The molecule has 0 atom stereocenters. The van der Waals surface area contributed by atoms with Crippen molar-refractivity contribution in [3.63, 3.8) is 0 Å². The van der Waals surface area contributed by atoms with E-state index in [9.17, 15) is 4.79 Å². The second-order valence-corrected chi connectivity index (χ2v) is 0.903. The van der Waals surface area contributed by atoms with Gasteiger partial charge in [-0.15, -0.1) is 10.3 Å². The summed E-state index contributed by atoms with van der Waals surface area (Å²) >= 11 is 0. The molecule has 0 aliphatic rings. The summed E-state index contributed by atoms with van der Waals surface area (Å²) in [5, 5.41) is 7.07. The molecule has 0 saturated heterocycles. The van der Waals surface area contributed by atoms with Crippen LogP contribution in [0.1, 0.15) is 0 Å². The van der Waals surface area contributed by atoms with Crippen LogP contribution in [-0.4, -0.2) is 10.3 Å². The maximum Gasteiger partial charge on any atom is 0.390 e. The first-order valence-corrected chi connectivity index (χ1v) is 1.53. The van der Waals surface area contributed by atoms with Crippen LogP contribution in [-0.2, 0) is 0 Å². The molecular weight excluding hydrogens is 82.0 g/mol. The molecule has 0 aliphatic heterocycles. The fourth-order valence-electron chi connectivity index (χ4n) is 0.235. The van der Waals surface area contributed by atoms with Crippen molar-refractivity contribution < 1.29 is 5.10 Å². The Bertz CT molecular complexity index is 147. The van der Waals surface area contributed by atoms with Crippen molar-refractivity contribution in [1.29, 1.82) is 0 Å². The number of H-pyrrole nitrogens is 3. The van der Waals surface area contributed by atoms with E-state index < -0.39 is 0 Å². The minimum atomic E-state index is -0.144. The van der Waals surface area contributed by atoms with E-state index in [4.69, 9.17) is 0 Å². The summed E-state index contributed by atoms with van der Waals surface area (Å²) in [5.41, 5.74) is -0.144. The van der Waals surface area contributed by atoms with E-state index >= 15 is 0 Å². The van der Waals surface area contributed by atoms with Crippen LogP contribution in [0.3, 0.4) is 0 Å². The van der Waals surface area contributed by atoms with E-state index in [1.165, 1.54) is 6.20 Å². The molecule has 0 aromatic carbocycles. The van der Waals surface area contributed by atoms with Gasteiger partial charge in [0.25, 0.3) is 0 Å². The van der Waals surface area contributed by atoms with Gasteiger partial charge in [-0.1, -0.05) is 0 Å². The van der Waals surface area contributed by atoms with Crippen LogP contribution in [0.4, 0.5) is 0 Å². The number of aromatic nitrogens is 3. The quantitative estimate of drug-likeness (QED) is 0.397. The molecule has 32 valence electrons. The zero-order chi connectivity index (χ0) is 4.41. The lowest BCUT2D eigenvalue weighted by atomic mass is 10.9. The summed E-state index contributed by atoms with van der Waals surface area (Å²) in [5.74, 6) is 0. The van der Waals surface area contributed by atoms with Crippen LogP contribution < -0.4 is 10.7 Å². The average molecular weight is 86.1 g/mol. The summed E-state index contributed by atoms with van der Waals surface area (Å²) in [4.78, 5) is 9.95. The van der Waals surface area contributed by atoms with Crippen LogP contribution in [0, 0.1) is 0 Å². The smallest absolute Gasteiger partial charge is 0.235 e. The molecule has 0 saturated carbocycles. The van der Waals surface area contributed by atoms with Crippen molar-refractivity contribution in [2.75, 3.05) is 0 Å². The first-order chi connectivity index (χ1) is 2.89. The number of nitrogens with one attached hydrogen (secondary N) is 3. The van der Waals surface area contributed by atoms with Gasteiger partial charge in [-0.2, -0.15) is 5.10 Å². The fourth-order valence-corrected chi connectivity index (χ4v) is 0.235. The van der Waals surface area contributed by atoms with Gasteiger partial charge in [0.2, 0.25) is 0 Å². The molecule has 0 amide bonds. The highest BCUT2D eigenvalue weighted by Gasteiger charge is 1.80. The highest BCUT2D eigenvalue weighted by Crippen LogP contribution is 1.31. The molecule has 4 nitrogen and oxygen atoms in total. The molecule has 0 fully saturated rings. The molecule has 1 aromatic heterocycles. The topological polar surface area (TPSA) is 62.8 Å². The molecule has 0 radical (unpaired) electrons. The molecule has 0 spiro atoms. The largest absolute Gasteiger partial charge is 0.390 e. The Morgan fingerprint density at radius 3 is 2.83 bits per heavy atom. The minimum Gasteiger partial charge on any atom is -0.235 e. The summed E-state index contributed by atoms with van der Waals surface area (Å²) in [7, 11) is 0. The van der Waals surface area contributed by atoms with Crippen LogP contribution in [0.2, 0.25) is 0 Å². The predicted octanol–water partition coefficient (Wildman–Crippen LogP) is -1.48. The van der Waals surface area contributed by atoms with Crippen molar-refractivity contribution in [3.8, 4) is 0 Å². The molecule has 6 heavy (non-hydrogen) atoms. The van der Waals surface area contributed by atoms with E-state index in [0.717, 1.165) is 0 Å². The minimum absolute atomic E-state index is 0.144. The van der Waals surface area contributed by atoms with Gasteiger partial charge in [-0.25, -0.2) is 4.79 Å². The first kappa shape index (κ1) is 3.14. The van der Waals surface area contributed by atoms with Crippen molar-refractivity contribution in [2.24, 2.45) is 0 Å². The number of hydrogen-bond donors (Lipinski definition) is 2. The Kier molecular flexibility index (Phi) is 0.506. The van der Waals surface area contributed by atoms with E-state index in [2.05, 4.69) is 15.4 Å². The Morgan fingerprint density at radius 2 is 2.67 bits per heavy atom. The lowest BCUT2D eigenvalue weighted by Gasteiger charge is -1.44. The van der Waals surface area contributed by atoms with Gasteiger partial charge in [-0.3, -0.25) is 0 Å². The van der Waals surface area contributed by atoms with Crippen LogP contribution >= 0.6 is 0 Å². The van der Waals surface area contributed by atoms with Crippen molar-refractivity contribution >= 4 is 0 Å². The van der Waals surface area contributed by atoms with Gasteiger partial charge in [0.05, 0.1) is 0 Å². The van der Waals surface area contributed by atoms with Gasteiger partial charge in [-0.05, 0) is 0 Å². The third-order valence-corrected chi connectivity index (χ3v) is 0.461. The second-order valence-electron chi connectivity index (χ2n) is 0.903. The number of hydrogen-bond acceptors (Lipinski definition) is 1. The van der Waals surface area contributed by atoms with Gasteiger partial charge in [0.1, 0.15) is 0 Å². The van der Waals surface area contributed by atoms with Crippen LogP contribution in [0.5, 0.6) is 0 Å². The SMILES string of the molecule is O=c1c[nH+][nH][nH]1. The van der Waals surface area contributed by atoms with E-state index in [-0.39, 0.29) is 5.56 Å². The summed E-state index contributed by atoms with van der Waals surface area (Å²) in [6.45, 7) is 0. The molecule has 0 aliphatic carbocycles. The highest BCUT2D eigenvalue weighted by molar-refractivity contribution is 4.52. The molecule has 0 bridgehead atoms. The predicted molar refractivity (Wildman–Crippen MR) is 18.0 cm³/mol. The van der Waals surface area contributed by atoms with Gasteiger partial charge < -0.3 is 0 Å². The van der Waals surface area contributed by atoms with Crippen molar-refractivity contribution in [3.05, 3.63) is 16.6 Å². The van der Waals surface area contributed by atoms with Crippen molar-refractivity contribution in [1.82, 2.24) is 10.3 Å². The fraction of sp³-hybridized carbons (Fsp3) is 0. The maximum absolute atomic E-state index is 9.95. The third-order valence-electron chi connectivity index (χ3n) is 0.461. The zero-order valence-corrected chi connectivity index (χ0v) is 2.99. The summed E-state index contributed by atoms with van der Waals surface area (Å²) in [6, 6.07) is 0. The van der Waals surface area contributed by atoms with E-state index in [1.54, 1.807) is 0 Å². The summed E-state index contributed by atoms with van der Waals surface area (Å²) < 4.78 is 0. The zero-order valence-electron chi connectivity index (χ0n) is 2.99. The first-order valence-electron chi connectivity index (χ1n) is 1.53. The van der Waals surface area contributed by atoms with Crippen molar-refractivity contribution in [2.45, 2.75) is 0 Å². The molecule has 3 N–H and O–H groups in total. The monoisotopic (exact) mass is 86.0 g/mol. The Morgan fingerprint density at radius 1 is 1.83 bits per heavy atom. The number of rotatable bonds is 0. The Balaban J connectivity index is 3.41. The standard InChI is InChI=1S/C2H3N3O/c6-2-1-3-5-4-2/h1H,(H2,3,4,5,6)/p+1. The molecule has 1 rings (SSSR count). The Hall–Kier alpha value is -1.06. The molecule has 1 aromatic rings. The van der Waals surface area contributed by atoms with Gasteiger partial charge in [0.15, 0.2) is 6.20 Å². The van der Waals surface area contributed by atoms with Gasteiger partial charge >= 0.3 is 5.56 Å². The second kappa shape index (κ2) is 0.965.